The molecule has 1 aromatic rings. The molecule has 0 saturated heterocycles. The summed E-state index contributed by atoms with van der Waals surface area (Å²) in [6.45, 7) is 77.7. The topological polar surface area (TPSA) is 0 Å². The monoisotopic (exact) mass is 1610 g/mol. The highest BCUT2D eigenvalue weighted by molar-refractivity contribution is 5.27. The van der Waals surface area contributed by atoms with E-state index >= 15 is 0 Å². The van der Waals surface area contributed by atoms with Crippen molar-refractivity contribution in [3.05, 3.63) is 217 Å². The van der Waals surface area contributed by atoms with Crippen molar-refractivity contribution in [3.63, 3.8) is 0 Å². The van der Waals surface area contributed by atoms with E-state index < -0.39 is 0 Å². The van der Waals surface area contributed by atoms with E-state index in [0.29, 0.717) is 47.3 Å². The summed E-state index contributed by atoms with van der Waals surface area (Å²) in [5.41, 5.74) is 24.5. The molecule has 0 nitrogen and oxygen atoms in total. The smallest absolute Gasteiger partial charge is 0.0128 e. The van der Waals surface area contributed by atoms with E-state index in [9.17, 15) is 0 Å². The summed E-state index contributed by atoms with van der Waals surface area (Å²) >= 11 is 0. The first-order valence-corrected chi connectivity index (χ1v) is 50.8. The minimum absolute atomic E-state index is 0.336. The fourth-order valence-electron chi connectivity index (χ4n) is 22.4. The lowest BCUT2D eigenvalue weighted by atomic mass is 9.74. The van der Waals surface area contributed by atoms with Crippen molar-refractivity contribution >= 4 is 0 Å². The van der Waals surface area contributed by atoms with E-state index in [0.717, 1.165) is 100 Å². The summed E-state index contributed by atoms with van der Waals surface area (Å²) in [6.07, 6.45) is 83.6. The molecule has 6 rings (SSSR count). The second kappa shape index (κ2) is 59.2. The zero-order chi connectivity index (χ0) is 85.4. The number of rotatable bonds is 49. The van der Waals surface area contributed by atoms with Gasteiger partial charge in [-0.2, -0.15) is 0 Å². The van der Waals surface area contributed by atoms with Gasteiger partial charge in [-0.3, -0.25) is 0 Å². The lowest BCUT2D eigenvalue weighted by Crippen LogP contribution is -2.18. The summed E-state index contributed by atoms with van der Waals surface area (Å²) in [4.78, 5) is 0. The molecule has 4 saturated carbocycles. The molecule has 0 spiro atoms. The van der Waals surface area contributed by atoms with Crippen LogP contribution in [0.1, 0.15) is 444 Å². The summed E-state index contributed by atoms with van der Waals surface area (Å²) in [5.74, 6) is 8.54. The number of hydrogen-bond acceptors (Lipinski definition) is 0. The molecule has 0 heteroatoms. The first-order valence-electron chi connectivity index (χ1n) is 50.8. The van der Waals surface area contributed by atoms with Crippen LogP contribution in [0.25, 0.3) is 0 Å². The first kappa shape index (κ1) is 102. The molecule has 0 radical (unpaired) electrons. The van der Waals surface area contributed by atoms with E-state index in [-0.39, 0.29) is 0 Å². The maximum Gasteiger partial charge on any atom is -0.0128 e. The van der Waals surface area contributed by atoms with Gasteiger partial charge in [0.15, 0.2) is 0 Å². The van der Waals surface area contributed by atoms with Crippen LogP contribution in [0.15, 0.2) is 206 Å². The van der Waals surface area contributed by atoms with Gasteiger partial charge in [-0.15, -0.1) is 26.3 Å². The Hall–Kier alpha value is -4.68. The zero-order valence-corrected chi connectivity index (χ0v) is 79.5. The predicted molar refractivity (Wildman–Crippen MR) is 531 cm³/mol. The Kier molecular flexibility index (Phi) is 51.2. The fourth-order valence-corrected chi connectivity index (χ4v) is 22.4. The van der Waals surface area contributed by atoms with Gasteiger partial charge in [0.05, 0.1) is 0 Å². The Bertz CT molecular complexity index is 3250. The van der Waals surface area contributed by atoms with Crippen LogP contribution in [0, 0.1) is 83.9 Å². The van der Waals surface area contributed by atoms with E-state index in [2.05, 4.69) is 124 Å². The number of allylic oxidation sites excluding steroid dienone is 17. The summed E-state index contributed by atoms with van der Waals surface area (Å²) < 4.78 is 0. The molecule has 0 heterocycles. The van der Waals surface area contributed by atoms with Crippen molar-refractivity contribution in [2.75, 3.05) is 0 Å². The SMILES string of the molecule is C=C(C)CCCCC1CCCC(=C)CC(CC(=C)C)C(=C)CC(Cc2ccc(C)cc2)C(=C)CC(CCCCCCC(CC(=C)CCCCCC2CC(=C)C(CC3CCCCC3)CCC(CC(=C)C)CCCCCC(CCCCC(=C)C)CC2=C)C(C)CCCCCCCC(=C)CCC(=C)CCC2CCC(C3=CC=C(C)CC3)CC2)C(=C)C1. The minimum Gasteiger partial charge on any atom is -0.100 e. The van der Waals surface area contributed by atoms with Gasteiger partial charge in [-0.1, -0.05) is 352 Å². The molecule has 0 amide bonds. The van der Waals surface area contributed by atoms with Crippen molar-refractivity contribution in [2.45, 2.75) is 447 Å². The summed E-state index contributed by atoms with van der Waals surface area (Å²) in [7, 11) is 0. The Morgan fingerprint density at radius 1 is 0.347 bits per heavy atom. The highest BCUT2D eigenvalue weighted by Gasteiger charge is 2.31. The van der Waals surface area contributed by atoms with Crippen LogP contribution in [0.2, 0.25) is 0 Å². The van der Waals surface area contributed by atoms with E-state index in [1.165, 1.54) is 400 Å². The van der Waals surface area contributed by atoms with Crippen LogP contribution in [0.4, 0.5) is 0 Å². The van der Waals surface area contributed by atoms with Crippen LogP contribution < -0.4 is 0 Å². The molecule has 0 aromatic heterocycles. The number of aryl methyl sites for hydroxylation is 1. The van der Waals surface area contributed by atoms with Crippen LogP contribution >= 0.6 is 0 Å². The largest absolute Gasteiger partial charge is 0.100 e. The lowest BCUT2D eigenvalue weighted by Gasteiger charge is -2.31. The molecule has 10 unspecified atom stereocenters. The van der Waals surface area contributed by atoms with E-state index in [1.54, 1.807) is 22.3 Å². The molecule has 0 bridgehead atoms. The summed E-state index contributed by atoms with van der Waals surface area (Å²) in [5, 5.41) is 0. The Morgan fingerprint density at radius 3 is 1.41 bits per heavy atom. The molecular formula is C118H190. The number of unbranched alkanes of at least 4 members (excludes halogenated alkanes) is 11. The molecule has 10 atom stereocenters. The summed E-state index contributed by atoms with van der Waals surface area (Å²) in [6, 6.07) is 9.31. The molecule has 5 aliphatic rings. The molecule has 1 aromatic carbocycles. The molecule has 118 heavy (non-hydrogen) atoms. The van der Waals surface area contributed by atoms with Crippen molar-refractivity contribution in [1.29, 1.82) is 0 Å². The molecular weight excluding hydrogens is 1420 g/mol. The number of benzene rings is 1. The van der Waals surface area contributed by atoms with E-state index in [4.69, 9.17) is 46.1 Å². The van der Waals surface area contributed by atoms with Gasteiger partial charge in [-0.05, 0) is 362 Å². The second-order valence-corrected chi connectivity index (χ2v) is 42.2. The van der Waals surface area contributed by atoms with Gasteiger partial charge in [-0.25, -0.2) is 0 Å². The maximum atomic E-state index is 5.13. The Balaban J connectivity index is 1.09. The van der Waals surface area contributed by atoms with Crippen molar-refractivity contribution < 1.29 is 0 Å². The highest BCUT2D eigenvalue weighted by atomic mass is 14.4. The lowest BCUT2D eigenvalue weighted by molar-refractivity contribution is 0.277. The quantitative estimate of drug-likeness (QED) is 0.0451. The van der Waals surface area contributed by atoms with Gasteiger partial charge < -0.3 is 0 Å². The highest BCUT2D eigenvalue weighted by Crippen LogP contribution is 2.45. The van der Waals surface area contributed by atoms with E-state index in [1.807, 2.05) is 0 Å². The molecule has 0 N–H and O–H groups in total. The van der Waals surface area contributed by atoms with Gasteiger partial charge in [0.25, 0.3) is 0 Å². The normalized spacial score (nSPS) is 24.3. The second-order valence-electron chi connectivity index (χ2n) is 42.2. The first-order chi connectivity index (χ1) is 56.7. The van der Waals surface area contributed by atoms with Crippen molar-refractivity contribution in [1.82, 2.24) is 0 Å². The Morgan fingerprint density at radius 2 is 0.822 bits per heavy atom. The third kappa shape index (κ3) is 44.1. The number of hydrogen-bond donors (Lipinski definition) is 0. The van der Waals surface area contributed by atoms with Crippen LogP contribution in [0.5, 0.6) is 0 Å². The third-order valence-electron chi connectivity index (χ3n) is 30.5. The van der Waals surface area contributed by atoms with Crippen LogP contribution in [0.3, 0.4) is 0 Å². The molecule has 662 valence electrons. The minimum atomic E-state index is 0.336. The molecule has 5 aliphatic carbocycles. The van der Waals surface area contributed by atoms with Crippen molar-refractivity contribution in [2.24, 2.45) is 76.9 Å². The van der Waals surface area contributed by atoms with Gasteiger partial charge in [0, 0.05) is 0 Å². The molecule has 4 fully saturated rings. The van der Waals surface area contributed by atoms with Crippen LogP contribution in [-0.2, 0) is 6.42 Å². The third-order valence-corrected chi connectivity index (χ3v) is 30.5. The van der Waals surface area contributed by atoms with Crippen LogP contribution in [-0.4, -0.2) is 0 Å². The Labute approximate surface area is 735 Å². The van der Waals surface area contributed by atoms with Gasteiger partial charge in [0.1, 0.15) is 0 Å². The predicted octanol–water partition coefficient (Wildman–Crippen LogP) is 38.6. The standard InChI is InChI=1S/C118H190/c1-89(2)44-39-41-54-106-50-32-27-35-53-109(78-91(5)6)72-77-116(87-108-51-33-28-34-52-108)102(18)84-114(100(16)82-106)59-38-26-30-47-97(13)80-113(99(15)49-31-23-21-22-29-46-93(9)60-61-94(10)62-67-105-70-75-112(76-71-105)111-73-65-96(12)66-74-111)57-36-24-25-37-58-115-85-103(19)118(88-110-68-63-95(11)64-69-110)86-104(20)117(79-92(7)8)81-98(14)48-43-56-107(83-101(115)17)55-42-40-45-90(3)4/h63-65,68-69,73,99,105-109,112-118H,1,3,5,7,9-10,13-14,16-62,66-67,70-72,74-88H2,2,4,6,8,11-12,15H3. The maximum absolute atomic E-state index is 5.13. The van der Waals surface area contributed by atoms with Gasteiger partial charge >= 0.3 is 0 Å². The average molecular weight is 1610 g/mol. The van der Waals surface area contributed by atoms with Crippen molar-refractivity contribution in [3.8, 4) is 0 Å². The molecule has 0 aliphatic heterocycles. The fraction of sp³-hybridized carbons (Fsp3) is 0.695. The zero-order valence-electron chi connectivity index (χ0n) is 79.5. The van der Waals surface area contributed by atoms with Gasteiger partial charge in [0.2, 0.25) is 0 Å². The average Bonchev–Trinajstić information content (AvgIpc) is 0.917.